The van der Waals surface area contributed by atoms with E-state index in [1.165, 1.54) is 0 Å². The quantitative estimate of drug-likeness (QED) is 0.574. The van der Waals surface area contributed by atoms with Gasteiger partial charge in [-0.1, -0.05) is 5.92 Å². The van der Waals surface area contributed by atoms with Crippen molar-refractivity contribution in [2.45, 2.75) is 25.4 Å². The van der Waals surface area contributed by atoms with Gasteiger partial charge in [-0.2, -0.15) is 13.2 Å². The Hall–Kier alpha value is -0.850. The molecule has 0 aromatic heterocycles. The lowest BCUT2D eigenvalue weighted by Crippen LogP contribution is -2.24. The molecule has 1 unspecified atom stereocenters. The van der Waals surface area contributed by atoms with E-state index >= 15 is 0 Å². The molecule has 0 aromatic rings. The fourth-order valence-corrected chi connectivity index (χ4v) is 1.49. The predicted octanol–water partition coefficient (Wildman–Crippen LogP) is 2.24. The number of hydrogen-bond donors (Lipinski definition) is 0. The summed E-state index contributed by atoms with van der Waals surface area (Å²) >= 11 is 0. The van der Waals surface area contributed by atoms with E-state index in [0.717, 1.165) is 0 Å². The largest absolute Gasteiger partial charge is 0.389 e. The number of halogens is 3. The standard InChI is InChI=1S/C9H12F3N/c1-13-5-3-2-4-8(7-13)6-9(10,11)12/h8H,2,4,6-7H2,1H3. The molecule has 1 atom stereocenters. The van der Waals surface area contributed by atoms with Crippen LogP contribution in [0.3, 0.4) is 0 Å². The maximum Gasteiger partial charge on any atom is 0.389 e. The van der Waals surface area contributed by atoms with Gasteiger partial charge in [0.15, 0.2) is 0 Å². The molecule has 0 bridgehead atoms. The SMILES string of the molecule is CN1C#CCCC(CC(F)(F)F)C1. The van der Waals surface area contributed by atoms with Crippen LogP contribution in [0.25, 0.3) is 0 Å². The molecule has 0 saturated heterocycles. The van der Waals surface area contributed by atoms with Gasteiger partial charge in [0.2, 0.25) is 0 Å². The highest BCUT2D eigenvalue weighted by atomic mass is 19.4. The van der Waals surface area contributed by atoms with Crippen molar-refractivity contribution in [1.82, 2.24) is 4.90 Å². The summed E-state index contributed by atoms with van der Waals surface area (Å²) in [6.07, 6.45) is -3.61. The first-order valence-corrected chi connectivity index (χ1v) is 4.24. The fourth-order valence-electron chi connectivity index (χ4n) is 1.49. The Labute approximate surface area is 75.9 Å². The van der Waals surface area contributed by atoms with E-state index < -0.39 is 12.6 Å². The Kier molecular flexibility index (Phi) is 3.07. The molecule has 1 aliphatic rings. The molecule has 1 rings (SSSR count). The Balaban J connectivity index is 2.44. The number of rotatable bonds is 1. The number of hydrogen-bond acceptors (Lipinski definition) is 1. The molecule has 4 heteroatoms. The van der Waals surface area contributed by atoms with Crippen LogP contribution in [0.4, 0.5) is 13.2 Å². The summed E-state index contributed by atoms with van der Waals surface area (Å²) in [5, 5.41) is 0. The van der Waals surface area contributed by atoms with Gasteiger partial charge in [0.25, 0.3) is 0 Å². The van der Waals surface area contributed by atoms with Crippen LogP contribution in [0.15, 0.2) is 0 Å². The Morgan fingerprint density at radius 1 is 1.46 bits per heavy atom. The molecule has 0 amide bonds. The molecule has 0 saturated carbocycles. The summed E-state index contributed by atoms with van der Waals surface area (Å²) in [7, 11) is 1.72. The van der Waals surface area contributed by atoms with Gasteiger partial charge in [0, 0.05) is 32.5 Å². The van der Waals surface area contributed by atoms with E-state index in [4.69, 9.17) is 0 Å². The van der Waals surface area contributed by atoms with Crippen molar-refractivity contribution >= 4 is 0 Å². The molecule has 13 heavy (non-hydrogen) atoms. The minimum Gasteiger partial charge on any atom is -0.335 e. The minimum atomic E-state index is -4.05. The van der Waals surface area contributed by atoms with E-state index in [2.05, 4.69) is 12.0 Å². The van der Waals surface area contributed by atoms with Crippen LogP contribution in [0, 0.1) is 17.9 Å². The first-order valence-electron chi connectivity index (χ1n) is 4.24. The van der Waals surface area contributed by atoms with E-state index in [-0.39, 0.29) is 5.92 Å². The van der Waals surface area contributed by atoms with Crippen LogP contribution in [-0.2, 0) is 0 Å². The maximum atomic E-state index is 12.0. The van der Waals surface area contributed by atoms with E-state index in [0.29, 0.717) is 19.4 Å². The topological polar surface area (TPSA) is 3.24 Å². The predicted molar refractivity (Wildman–Crippen MR) is 43.8 cm³/mol. The molecule has 0 radical (unpaired) electrons. The lowest BCUT2D eigenvalue weighted by Gasteiger charge is -2.19. The summed E-state index contributed by atoms with van der Waals surface area (Å²) in [6, 6.07) is 2.78. The molecule has 1 heterocycles. The highest BCUT2D eigenvalue weighted by molar-refractivity contribution is 5.00. The van der Waals surface area contributed by atoms with Gasteiger partial charge in [-0.15, -0.1) is 0 Å². The highest BCUT2D eigenvalue weighted by Crippen LogP contribution is 2.28. The summed E-state index contributed by atoms with van der Waals surface area (Å²) in [5.74, 6) is 2.51. The molecular formula is C9H12F3N. The third-order valence-corrected chi connectivity index (χ3v) is 2.00. The molecule has 0 spiro atoms. The highest BCUT2D eigenvalue weighted by Gasteiger charge is 2.32. The van der Waals surface area contributed by atoms with Crippen LogP contribution in [0.2, 0.25) is 0 Å². The van der Waals surface area contributed by atoms with Gasteiger partial charge in [-0.05, 0) is 12.3 Å². The monoisotopic (exact) mass is 191 g/mol. The molecule has 74 valence electrons. The molecule has 0 aliphatic carbocycles. The smallest absolute Gasteiger partial charge is 0.335 e. The van der Waals surface area contributed by atoms with E-state index in [1.54, 1.807) is 11.9 Å². The third kappa shape index (κ3) is 4.07. The van der Waals surface area contributed by atoms with Crippen LogP contribution < -0.4 is 0 Å². The summed E-state index contributed by atoms with van der Waals surface area (Å²) < 4.78 is 36.1. The van der Waals surface area contributed by atoms with Crippen molar-refractivity contribution in [3.05, 3.63) is 0 Å². The lowest BCUT2D eigenvalue weighted by atomic mass is 10.00. The second-order valence-corrected chi connectivity index (χ2v) is 3.39. The van der Waals surface area contributed by atoms with Gasteiger partial charge in [0.05, 0.1) is 0 Å². The molecule has 1 nitrogen and oxygen atoms in total. The number of nitrogens with zero attached hydrogens (tertiary/aromatic N) is 1. The molecular weight excluding hydrogens is 179 g/mol. The fraction of sp³-hybridized carbons (Fsp3) is 0.778. The van der Waals surface area contributed by atoms with Gasteiger partial charge >= 0.3 is 6.18 Å². The van der Waals surface area contributed by atoms with Gasteiger partial charge in [0.1, 0.15) is 0 Å². The first-order chi connectivity index (χ1) is 5.97. The molecule has 0 fully saturated rings. The molecule has 0 aromatic carbocycles. The van der Waals surface area contributed by atoms with Crippen LogP contribution in [0.5, 0.6) is 0 Å². The van der Waals surface area contributed by atoms with Crippen LogP contribution in [0.1, 0.15) is 19.3 Å². The average Bonchev–Trinajstić information content (AvgIpc) is 2.10. The maximum absolute atomic E-state index is 12.0. The normalized spacial score (nSPS) is 23.4. The first kappa shape index (κ1) is 10.2. The second-order valence-electron chi connectivity index (χ2n) is 3.39. The summed E-state index contributed by atoms with van der Waals surface area (Å²) in [6.45, 7) is 0.423. The molecule has 1 aliphatic heterocycles. The van der Waals surface area contributed by atoms with Crippen molar-refractivity contribution in [2.24, 2.45) is 5.92 Å². The van der Waals surface area contributed by atoms with Crippen molar-refractivity contribution in [3.8, 4) is 12.0 Å². The second kappa shape index (κ2) is 3.91. The zero-order chi connectivity index (χ0) is 9.90. The lowest BCUT2D eigenvalue weighted by molar-refractivity contribution is -0.145. The Bertz CT molecular complexity index is 223. The van der Waals surface area contributed by atoms with Gasteiger partial charge < -0.3 is 4.90 Å². The number of alkyl halides is 3. The zero-order valence-electron chi connectivity index (χ0n) is 7.49. The molecule has 0 N–H and O–H groups in total. The van der Waals surface area contributed by atoms with Crippen molar-refractivity contribution in [2.75, 3.05) is 13.6 Å². The zero-order valence-corrected chi connectivity index (χ0v) is 7.49. The third-order valence-electron chi connectivity index (χ3n) is 2.00. The Morgan fingerprint density at radius 3 is 2.77 bits per heavy atom. The Morgan fingerprint density at radius 2 is 2.15 bits per heavy atom. The van der Waals surface area contributed by atoms with Gasteiger partial charge in [-0.25, -0.2) is 0 Å². The summed E-state index contributed by atoms with van der Waals surface area (Å²) in [4.78, 5) is 1.64. The van der Waals surface area contributed by atoms with Crippen molar-refractivity contribution in [1.29, 1.82) is 0 Å². The summed E-state index contributed by atoms with van der Waals surface area (Å²) in [5.41, 5.74) is 0. The van der Waals surface area contributed by atoms with Crippen molar-refractivity contribution < 1.29 is 13.2 Å². The average molecular weight is 191 g/mol. The van der Waals surface area contributed by atoms with Crippen LogP contribution in [-0.4, -0.2) is 24.7 Å². The van der Waals surface area contributed by atoms with E-state index in [1.807, 2.05) is 0 Å². The minimum absolute atomic E-state index is 0.313. The van der Waals surface area contributed by atoms with Crippen LogP contribution >= 0.6 is 0 Å². The van der Waals surface area contributed by atoms with Crippen molar-refractivity contribution in [3.63, 3.8) is 0 Å². The van der Waals surface area contributed by atoms with Gasteiger partial charge in [-0.3, -0.25) is 0 Å². The van der Waals surface area contributed by atoms with E-state index in [9.17, 15) is 13.2 Å².